The summed E-state index contributed by atoms with van der Waals surface area (Å²) in [7, 11) is 0. The van der Waals surface area contributed by atoms with E-state index < -0.39 is 11.1 Å². The Labute approximate surface area is 114 Å². The summed E-state index contributed by atoms with van der Waals surface area (Å²) in [5.41, 5.74) is 0.986. The Bertz CT molecular complexity index is 603. The molecule has 1 unspecified atom stereocenters. The molecule has 3 nitrogen and oxygen atoms in total. The van der Waals surface area contributed by atoms with Crippen LogP contribution in [0.25, 0.3) is 6.08 Å². The third-order valence-electron chi connectivity index (χ3n) is 2.52. The van der Waals surface area contributed by atoms with Crippen LogP contribution >= 0.6 is 0 Å². The van der Waals surface area contributed by atoms with Crippen LogP contribution in [0.15, 0.2) is 59.5 Å². The van der Waals surface area contributed by atoms with Crippen LogP contribution < -0.4 is 4.74 Å². The van der Waals surface area contributed by atoms with E-state index in [9.17, 15) is 4.21 Å². The minimum atomic E-state index is -1.96. The van der Waals surface area contributed by atoms with Crippen molar-refractivity contribution in [3.8, 4) is 11.5 Å². The molecule has 0 aliphatic carbocycles. The Morgan fingerprint density at radius 3 is 2.42 bits per heavy atom. The van der Waals surface area contributed by atoms with Gasteiger partial charge in [0.2, 0.25) is 0 Å². The smallest absolute Gasteiger partial charge is 0.186 e. The highest BCUT2D eigenvalue weighted by Crippen LogP contribution is 2.26. The van der Waals surface area contributed by atoms with Gasteiger partial charge in [-0.05, 0) is 37.3 Å². The fourth-order valence-corrected chi connectivity index (χ4v) is 2.01. The molecule has 0 fully saturated rings. The lowest BCUT2D eigenvalue weighted by molar-refractivity contribution is 0.481. The van der Waals surface area contributed by atoms with Crippen LogP contribution in [0.4, 0.5) is 0 Å². The molecule has 19 heavy (non-hydrogen) atoms. The normalized spacial score (nSPS) is 12.5. The molecular formula is C15H14O3S. The predicted octanol–water partition coefficient (Wildman–Crippen LogP) is 4.09. The van der Waals surface area contributed by atoms with Crippen molar-refractivity contribution in [1.29, 1.82) is 0 Å². The molecule has 0 saturated heterocycles. The van der Waals surface area contributed by atoms with Crippen molar-refractivity contribution < 1.29 is 13.5 Å². The van der Waals surface area contributed by atoms with Gasteiger partial charge in [-0.15, -0.1) is 0 Å². The van der Waals surface area contributed by atoms with Crippen LogP contribution in [-0.2, 0) is 11.1 Å². The number of hydrogen-bond acceptors (Lipinski definition) is 2. The van der Waals surface area contributed by atoms with E-state index >= 15 is 0 Å². The maximum Gasteiger partial charge on any atom is 0.186 e. The third kappa shape index (κ3) is 3.53. The Hall–Kier alpha value is -1.91. The van der Waals surface area contributed by atoms with Gasteiger partial charge >= 0.3 is 0 Å². The maximum absolute atomic E-state index is 10.9. The van der Waals surface area contributed by atoms with Crippen molar-refractivity contribution >= 4 is 17.2 Å². The molecular weight excluding hydrogens is 260 g/mol. The summed E-state index contributed by atoms with van der Waals surface area (Å²) < 4.78 is 25.6. The second-order valence-corrected chi connectivity index (χ2v) is 4.83. The summed E-state index contributed by atoms with van der Waals surface area (Å²) in [4.78, 5) is 0.356. The molecule has 0 bridgehead atoms. The van der Waals surface area contributed by atoms with Gasteiger partial charge in [0.15, 0.2) is 11.1 Å². The summed E-state index contributed by atoms with van der Waals surface area (Å²) in [6, 6.07) is 14.2. The summed E-state index contributed by atoms with van der Waals surface area (Å²) in [5, 5.41) is 0. The van der Waals surface area contributed by atoms with Gasteiger partial charge in [0.25, 0.3) is 0 Å². The monoisotopic (exact) mass is 274 g/mol. The van der Waals surface area contributed by atoms with E-state index in [-0.39, 0.29) is 0 Å². The highest BCUT2D eigenvalue weighted by Gasteiger charge is 2.03. The zero-order valence-electron chi connectivity index (χ0n) is 10.4. The lowest BCUT2D eigenvalue weighted by atomic mass is 10.2. The maximum atomic E-state index is 10.9. The number of para-hydroxylation sites is 1. The Balaban J connectivity index is 2.23. The molecule has 2 aromatic carbocycles. The van der Waals surface area contributed by atoms with Crippen molar-refractivity contribution in [2.75, 3.05) is 0 Å². The lowest BCUT2D eigenvalue weighted by Gasteiger charge is -2.08. The fourth-order valence-electron chi connectivity index (χ4n) is 1.64. The lowest BCUT2D eigenvalue weighted by Crippen LogP contribution is -1.90. The molecule has 0 saturated carbocycles. The average Bonchev–Trinajstić information content (AvgIpc) is 2.42. The van der Waals surface area contributed by atoms with Gasteiger partial charge in [-0.3, -0.25) is 0 Å². The first kappa shape index (κ1) is 13.5. The summed E-state index contributed by atoms with van der Waals surface area (Å²) in [6.45, 7) is 1.95. The molecule has 0 aromatic heterocycles. The number of rotatable bonds is 4. The minimum absolute atomic E-state index is 0.356. The SMILES string of the molecule is CC=Cc1ccccc1Oc1ccc(S(=O)O)cc1. The molecule has 2 aromatic rings. The fraction of sp³-hybridized carbons (Fsp3) is 0.0667. The Morgan fingerprint density at radius 2 is 1.79 bits per heavy atom. The van der Waals surface area contributed by atoms with Crippen molar-refractivity contribution in [2.24, 2.45) is 0 Å². The number of hydrogen-bond donors (Lipinski definition) is 1. The molecule has 0 spiro atoms. The zero-order chi connectivity index (χ0) is 13.7. The van der Waals surface area contributed by atoms with Gasteiger partial charge in [0, 0.05) is 5.56 Å². The van der Waals surface area contributed by atoms with E-state index in [1.807, 2.05) is 43.3 Å². The average molecular weight is 274 g/mol. The molecule has 1 N–H and O–H groups in total. The van der Waals surface area contributed by atoms with Crippen molar-refractivity contribution in [2.45, 2.75) is 11.8 Å². The van der Waals surface area contributed by atoms with Gasteiger partial charge in [0.05, 0.1) is 4.90 Å². The van der Waals surface area contributed by atoms with Crippen molar-refractivity contribution in [1.82, 2.24) is 0 Å². The van der Waals surface area contributed by atoms with E-state index in [4.69, 9.17) is 9.29 Å². The van der Waals surface area contributed by atoms with Gasteiger partial charge in [-0.25, -0.2) is 4.21 Å². The van der Waals surface area contributed by atoms with E-state index in [1.165, 1.54) is 0 Å². The zero-order valence-corrected chi connectivity index (χ0v) is 11.3. The first-order valence-corrected chi connectivity index (χ1v) is 6.92. The molecule has 2 rings (SSSR count). The van der Waals surface area contributed by atoms with Gasteiger partial charge in [-0.1, -0.05) is 30.4 Å². The van der Waals surface area contributed by atoms with Crippen molar-refractivity contribution in [3.63, 3.8) is 0 Å². The van der Waals surface area contributed by atoms with Crippen LogP contribution in [0.1, 0.15) is 12.5 Å². The van der Waals surface area contributed by atoms with E-state index in [2.05, 4.69) is 0 Å². The standard InChI is InChI=1S/C15H14O3S/c1-2-5-12-6-3-4-7-15(12)18-13-8-10-14(11-9-13)19(16)17/h2-11H,1H3,(H,16,17). The molecule has 0 aliphatic rings. The number of benzene rings is 2. The first-order chi connectivity index (χ1) is 9.20. The van der Waals surface area contributed by atoms with E-state index in [0.717, 1.165) is 11.3 Å². The van der Waals surface area contributed by atoms with Gasteiger partial charge in [0.1, 0.15) is 11.5 Å². The second-order valence-electron chi connectivity index (χ2n) is 3.86. The van der Waals surface area contributed by atoms with E-state index in [0.29, 0.717) is 10.6 Å². The van der Waals surface area contributed by atoms with Crippen LogP contribution in [0, 0.1) is 0 Å². The first-order valence-electron chi connectivity index (χ1n) is 5.81. The molecule has 98 valence electrons. The van der Waals surface area contributed by atoms with Crippen LogP contribution in [0.3, 0.4) is 0 Å². The van der Waals surface area contributed by atoms with Gasteiger partial charge < -0.3 is 9.29 Å². The summed E-state index contributed by atoms with van der Waals surface area (Å²) in [6.07, 6.45) is 3.91. The second kappa shape index (κ2) is 6.31. The number of ether oxygens (including phenoxy) is 1. The molecule has 1 atom stereocenters. The Kier molecular flexibility index (Phi) is 4.49. The third-order valence-corrected chi connectivity index (χ3v) is 3.19. The topological polar surface area (TPSA) is 46.5 Å². The highest BCUT2D eigenvalue weighted by molar-refractivity contribution is 7.79. The molecule has 0 radical (unpaired) electrons. The summed E-state index contributed by atoms with van der Waals surface area (Å²) >= 11 is -1.96. The quantitative estimate of drug-likeness (QED) is 0.854. The minimum Gasteiger partial charge on any atom is -0.457 e. The van der Waals surface area contributed by atoms with Gasteiger partial charge in [-0.2, -0.15) is 0 Å². The molecule has 4 heteroatoms. The largest absolute Gasteiger partial charge is 0.457 e. The van der Waals surface area contributed by atoms with Crippen LogP contribution in [0.2, 0.25) is 0 Å². The highest BCUT2D eigenvalue weighted by atomic mass is 32.2. The van der Waals surface area contributed by atoms with Crippen molar-refractivity contribution in [3.05, 3.63) is 60.2 Å². The van der Waals surface area contributed by atoms with Crippen LogP contribution in [0.5, 0.6) is 11.5 Å². The van der Waals surface area contributed by atoms with E-state index in [1.54, 1.807) is 24.3 Å². The molecule has 0 aliphatic heterocycles. The van der Waals surface area contributed by atoms with Crippen LogP contribution in [-0.4, -0.2) is 8.76 Å². The summed E-state index contributed by atoms with van der Waals surface area (Å²) in [5.74, 6) is 1.38. The molecule has 0 heterocycles. The number of allylic oxidation sites excluding steroid dienone is 1. The Morgan fingerprint density at radius 1 is 1.11 bits per heavy atom. The predicted molar refractivity (Wildman–Crippen MR) is 76.7 cm³/mol. The molecule has 0 amide bonds.